The topological polar surface area (TPSA) is 82.1 Å². The summed E-state index contributed by atoms with van der Waals surface area (Å²) in [4.78, 5) is 11.9. The SMILES string of the molecule is COc1c(C)cc(S(=O)(=O)N(C)CCOCC(=O)OC(C)(C)C)c(C)c1C. The number of carbonyl (C=O) groups excluding carboxylic acids is 1. The summed E-state index contributed by atoms with van der Waals surface area (Å²) in [6.07, 6.45) is 0. The monoisotopic (exact) mass is 401 g/mol. The Morgan fingerprint density at radius 3 is 2.26 bits per heavy atom. The van der Waals surface area contributed by atoms with Crippen molar-refractivity contribution in [2.45, 2.75) is 52.0 Å². The van der Waals surface area contributed by atoms with Crippen molar-refractivity contribution in [3.8, 4) is 5.75 Å². The molecule has 0 bridgehead atoms. The first-order valence-electron chi connectivity index (χ1n) is 8.72. The van der Waals surface area contributed by atoms with Crippen LogP contribution in [0.3, 0.4) is 0 Å². The van der Waals surface area contributed by atoms with Gasteiger partial charge in [-0.1, -0.05) is 0 Å². The molecule has 0 aliphatic rings. The lowest BCUT2D eigenvalue weighted by Gasteiger charge is -2.22. The maximum atomic E-state index is 12.9. The Balaban J connectivity index is 2.78. The van der Waals surface area contributed by atoms with E-state index >= 15 is 0 Å². The van der Waals surface area contributed by atoms with Gasteiger partial charge >= 0.3 is 5.97 Å². The maximum absolute atomic E-state index is 12.9. The molecule has 1 rings (SSSR count). The highest BCUT2D eigenvalue weighted by molar-refractivity contribution is 7.89. The summed E-state index contributed by atoms with van der Waals surface area (Å²) < 4.78 is 42.8. The lowest BCUT2D eigenvalue weighted by Crippen LogP contribution is -2.32. The van der Waals surface area contributed by atoms with E-state index in [2.05, 4.69) is 0 Å². The molecule has 1 aromatic rings. The highest BCUT2D eigenvalue weighted by Crippen LogP contribution is 2.31. The van der Waals surface area contributed by atoms with Crippen molar-refractivity contribution in [1.29, 1.82) is 0 Å². The molecule has 0 N–H and O–H groups in total. The average molecular weight is 402 g/mol. The molecule has 0 radical (unpaired) electrons. The summed E-state index contributed by atoms with van der Waals surface area (Å²) in [5, 5.41) is 0. The quantitative estimate of drug-likeness (QED) is 0.492. The van der Waals surface area contributed by atoms with Gasteiger partial charge in [0.05, 0.1) is 18.6 Å². The fraction of sp³-hybridized carbons (Fsp3) is 0.632. The van der Waals surface area contributed by atoms with Crippen LogP contribution in [0.15, 0.2) is 11.0 Å². The Morgan fingerprint density at radius 2 is 1.74 bits per heavy atom. The van der Waals surface area contributed by atoms with E-state index in [4.69, 9.17) is 14.2 Å². The Bertz CT molecular complexity index is 780. The summed E-state index contributed by atoms with van der Waals surface area (Å²) in [5.74, 6) is 0.208. The van der Waals surface area contributed by atoms with Crippen LogP contribution in [0, 0.1) is 20.8 Å². The van der Waals surface area contributed by atoms with Crippen LogP contribution in [0.1, 0.15) is 37.5 Å². The van der Waals surface area contributed by atoms with Gasteiger partial charge < -0.3 is 14.2 Å². The average Bonchev–Trinajstić information content (AvgIpc) is 2.53. The molecule has 1 aromatic carbocycles. The van der Waals surface area contributed by atoms with Crippen LogP contribution in [0.2, 0.25) is 0 Å². The highest BCUT2D eigenvalue weighted by atomic mass is 32.2. The number of carbonyl (C=O) groups is 1. The third-order valence-electron chi connectivity index (χ3n) is 4.06. The van der Waals surface area contributed by atoms with Crippen LogP contribution in [0.4, 0.5) is 0 Å². The lowest BCUT2D eigenvalue weighted by atomic mass is 10.1. The van der Waals surface area contributed by atoms with Crippen molar-refractivity contribution in [3.05, 3.63) is 22.8 Å². The molecule has 0 unspecified atom stereocenters. The second kappa shape index (κ2) is 9.03. The number of esters is 1. The minimum atomic E-state index is -3.69. The Kier molecular flexibility index (Phi) is 7.83. The Labute approximate surface area is 162 Å². The summed E-state index contributed by atoms with van der Waals surface area (Å²) in [6.45, 7) is 10.7. The molecule has 0 amide bonds. The van der Waals surface area contributed by atoms with Crippen LogP contribution in [-0.2, 0) is 24.3 Å². The first-order chi connectivity index (χ1) is 12.3. The molecule has 0 saturated carbocycles. The van der Waals surface area contributed by atoms with Gasteiger partial charge in [0.2, 0.25) is 10.0 Å². The number of likely N-dealkylation sites (N-methyl/N-ethyl adjacent to an activating group) is 1. The van der Waals surface area contributed by atoms with Crippen LogP contribution in [0.5, 0.6) is 5.75 Å². The number of ether oxygens (including phenoxy) is 3. The van der Waals surface area contributed by atoms with E-state index in [-0.39, 0.29) is 24.7 Å². The number of nitrogens with zero attached hydrogens (tertiary/aromatic N) is 1. The first-order valence-corrected chi connectivity index (χ1v) is 10.2. The van der Waals surface area contributed by atoms with Crippen molar-refractivity contribution >= 4 is 16.0 Å². The number of methoxy groups -OCH3 is 1. The molecule has 0 aliphatic heterocycles. The van der Waals surface area contributed by atoms with E-state index in [1.807, 2.05) is 13.8 Å². The lowest BCUT2D eigenvalue weighted by molar-refractivity contribution is -0.160. The molecule has 0 heterocycles. The van der Waals surface area contributed by atoms with E-state index in [0.29, 0.717) is 11.3 Å². The minimum absolute atomic E-state index is 0.0855. The van der Waals surface area contributed by atoms with Gasteiger partial charge in [0.25, 0.3) is 0 Å². The molecule has 0 saturated heterocycles. The standard InChI is InChI=1S/C19H31NO6S/c1-13-11-16(14(2)15(3)18(13)24-8)27(22,23)20(7)9-10-25-12-17(21)26-19(4,5)6/h11H,9-10,12H2,1-8H3. The van der Waals surface area contributed by atoms with Crippen LogP contribution in [0.25, 0.3) is 0 Å². The summed E-state index contributed by atoms with van der Waals surface area (Å²) >= 11 is 0. The molecule has 0 aliphatic carbocycles. The molecule has 154 valence electrons. The van der Waals surface area contributed by atoms with Crippen LogP contribution < -0.4 is 4.74 Å². The van der Waals surface area contributed by atoms with Gasteiger partial charge in [-0.25, -0.2) is 13.2 Å². The third kappa shape index (κ3) is 6.19. The smallest absolute Gasteiger partial charge is 0.332 e. The van der Waals surface area contributed by atoms with Gasteiger partial charge in [0.15, 0.2) is 0 Å². The van der Waals surface area contributed by atoms with Gasteiger partial charge in [-0.3, -0.25) is 0 Å². The zero-order valence-electron chi connectivity index (χ0n) is 17.5. The predicted octanol–water partition coefficient (Wildman–Crippen LogP) is 2.60. The van der Waals surface area contributed by atoms with Gasteiger partial charge in [-0.2, -0.15) is 4.31 Å². The molecular formula is C19H31NO6S. The van der Waals surface area contributed by atoms with Gasteiger partial charge in [0.1, 0.15) is 18.0 Å². The second-order valence-corrected chi connectivity index (χ2v) is 9.45. The van der Waals surface area contributed by atoms with E-state index in [1.54, 1.807) is 40.9 Å². The zero-order chi connectivity index (χ0) is 21.0. The molecule has 0 spiro atoms. The van der Waals surface area contributed by atoms with E-state index in [9.17, 15) is 13.2 Å². The second-order valence-electron chi connectivity index (χ2n) is 7.44. The number of hydrogen-bond acceptors (Lipinski definition) is 6. The highest BCUT2D eigenvalue weighted by Gasteiger charge is 2.25. The number of rotatable bonds is 8. The van der Waals surface area contributed by atoms with Crippen molar-refractivity contribution in [3.63, 3.8) is 0 Å². The maximum Gasteiger partial charge on any atom is 0.332 e. The molecule has 0 aromatic heterocycles. The van der Waals surface area contributed by atoms with E-state index in [0.717, 1.165) is 11.1 Å². The van der Waals surface area contributed by atoms with Crippen molar-refractivity contribution in [1.82, 2.24) is 4.31 Å². The molecule has 0 fully saturated rings. The number of hydrogen-bond donors (Lipinski definition) is 0. The van der Waals surface area contributed by atoms with Crippen LogP contribution >= 0.6 is 0 Å². The van der Waals surface area contributed by atoms with E-state index in [1.165, 1.54) is 11.4 Å². The van der Waals surface area contributed by atoms with Crippen LogP contribution in [-0.4, -0.2) is 58.2 Å². The zero-order valence-corrected chi connectivity index (χ0v) is 18.3. The molecule has 0 atom stereocenters. The largest absolute Gasteiger partial charge is 0.496 e. The number of benzene rings is 1. The van der Waals surface area contributed by atoms with Gasteiger partial charge in [-0.15, -0.1) is 0 Å². The summed E-state index contributed by atoms with van der Waals surface area (Å²) in [7, 11) is -0.634. The molecule has 8 heteroatoms. The minimum Gasteiger partial charge on any atom is -0.496 e. The third-order valence-corrected chi connectivity index (χ3v) is 6.04. The summed E-state index contributed by atoms with van der Waals surface area (Å²) in [6, 6.07) is 1.62. The fourth-order valence-corrected chi connectivity index (χ4v) is 4.13. The molecule has 7 nitrogen and oxygen atoms in total. The van der Waals surface area contributed by atoms with Gasteiger partial charge in [0, 0.05) is 13.6 Å². The number of aryl methyl sites for hydroxylation is 1. The van der Waals surface area contributed by atoms with Crippen molar-refractivity contribution in [2.75, 3.05) is 33.9 Å². The van der Waals surface area contributed by atoms with Crippen molar-refractivity contribution in [2.24, 2.45) is 0 Å². The Morgan fingerprint density at radius 1 is 1.15 bits per heavy atom. The first kappa shape index (κ1) is 23.4. The normalized spacial score (nSPS) is 12.3. The Hall–Kier alpha value is -1.64. The van der Waals surface area contributed by atoms with E-state index < -0.39 is 21.6 Å². The predicted molar refractivity (Wildman–Crippen MR) is 104 cm³/mol. The number of sulfonamides is 1. The van der Waals surface area contributed by atoms with Crippen molar-refractivity contribution < 1.29 is 27.4 Å². The molecule has 27 heavy (non-hydrogen) atoms. The fourth-order valence-electron chi connectivity index (χ4n) is 2.61. The molecular weight excluding hydrogens is 370 g/mol. The van der Waals surface area contributed by atoms with Gasteiger partial charge in [-0.05, 0) is 64.3 Å². The summed E-state index contributed by atoms with van der Waals surface area (Å²) in [5.41, 5.74) is 1.63.